The standard InChI is InChI=1S/C14H18ClNO4S/c1-21(19,20)13-8-9(6-7-10(13)15)14(18)16-11-4-2-3-5-12(11)17/h6-8,11-12,17H,2-5H2,1H3,(H,16,18)/t11-,12-/m1/s1. The summed E-state index contributed by atoms with van der Waals surface area (Å²) in [5, 5.41) is 12.7. The molecule has 0 bridgehead atoms. The van der Waals surface area contributed by atoms with E-state index in [2.05, 4.69) is 5.32 Å². The quantitative estimate of drug-likeness (QED) is 0.884. The van der Waals surface area contributed by atoms with Gasteiger partial charge in [0.05, 0.1) is 22.1 Å². The first kappa shape index (κ1) is 16.3. The molecule has 0 aromatic heterocycles. The van der Waals surface area contributed by atoms with Crippen LogP contribution in [0.25, 0.3) is 0 Å². The number of amides is 1. The van der Waals surface area contributed by atoms with Crippen molar-refractivity contribution in [2.75, 3.05) is 6.26 Å². The molecule has 2 rings (SSSR count). The van der Waals surface area contributed by atoms with Crippen LogP contribution in [0.5, 0.6) is 0 Å². The van der Waals surface area contributed by atoms with Crippen LogP contribution in [0.15, 0.2) is 23.1 Å². The number of sulfone groups is 1. The number of hydrogen-bond acceptors (Lipinski definition) is 4. The van der Waals surface area contributed by atoms with Crippen molar-refractivity contribution in [2.45, 2.75) is 42.7 Å². The Labute approximate surface area is 129 Å². The fourth-order valence-corrected chi connectivity index (χ4v) is 3.76. The largest absolute Gasteiger partial charge is 0.391 e. The number of benzene rings is 1. The Kier molecular flexibility index (Phi) is 4.91. The molecule has 1 aromatic rings. The van der Waals surface area contributed by atoms with Gasteiger partial charge >= 0.3 is 0 Å². The van der Waals surface area contributed by atoms with E-state index in [-0.39, 0.29) is 21.5 Å². The van der Waals surface area contributed by atoms with Crippen LogP contribution in [0, 0.1) is 0 Å². The topological polar surface area (TPSA) is 83.5 Å². The smallest absolute Gasteiger partial charge is 0.251 e. The third-order valence-corrected chi connectivity index (χ3v) is 5.22. The van der Waals surface area contributed by atoms with Gasteiger partial charge in [-0.25, -0.2) is 8.42 Å². The molecule has 1 aliphatic carbocycles. The zero-order valence-corrected chi connectivity index (χ0v) is 13.2. The molecule has 116 valence electrons. The lowest BCUT2D eigenvalue weighted by molar-refractivity contribution is 0.0717. The molecule has 1 aromatic carbocycles. The van der Waals surface area contributed by atoms with Crippen molar-refractivity contribution in [2.24, 2.45) is 0 Å². The second-order valence-corrected chi connectivity index (χ2v) is 7.74. The third-order valence-electron chi connectivity index (χ3n) is 3.64. The van der Waals surface area contributed by atoms with Gasteiger partial charge in [-0.3, -0.25) is 4.79 Å². The molecule has 0 aliphatic heterocycles. The maximum absolute atomic E-state index is 12.2. The Hall–Kier alpha value is -1.11. The van der Waals surface area contributed by atoms with E-state index in [0.717, 1.165) is 25.5 Å². The Balaban J connectivity index is 2.20. The average molecular weight is 332 g/mol. The van der Waals surface area contributed by atoms with Gasteiger partial charge in [-0.05, 0) is 31.0 Å². The second kappa shape index (κ2) is 6.34. The summed E-state index contributed by atoms with van der Waals surface area (Å²) in [5.74, 6) is -0.400. The van der Waals surface area contributed by atoms with Crippen LogP contribution in [0.1, 0.15) is 36.0 Å². The Morgan fingerprint density at radius 1 is 1.33 bits per heavy atom. The van der Waals surface area contributed by atoms with Crippen molar-refractivity contribution in [3.63, 3.8) is 0 Å². The first-order chi connectivity index (χ1) is 9.79. The summed E-state index contributed by atoms with van der Waals surface area (Å²) in [6, 6.07) is 3.84. The number of carbonyl (C=O) groups excluding carboxylic acids is 1. The lowest BCUT2D eigenvalue weighted by Crippen LogP contribution is -2.45. The number of nitrogens with one attached hydrogen (secondary N) is 1. The highest BCUT2D eigenvalue weighted by Crippen LogP contribution is 2.23. The minimum absolute atomic E-state index is 0.0685. The molecule has 2 N–H and O–H groups in total. The van der Waals surface area contributed by atoms with Crippen molar-refractivity contribution >= 4 is 27.3 Å². The normalized spacial score (nSPS) is 22.8. The molecule has 0 radical (unpaired) electrons. The maximum atomic E-state index is 12.2. The number of hydrogen-bond donors (Lipinski definition) is 2. The van der Waals surface area contributed by atoms with E-state index < -0.39 is 21.8 Å². The van der Waals surface area contributed by atoms with Crippen molar-refractivity contribution in [1.82, 2.24) is 5.32 Å². The lowest BCUT2D eigenvalue weighted by atomic mass is 9.92. The predicted octanol–water partition coefficient (Wildman–Crippen LogP) is 1.78. The van der Waals surface area contributed by atoms with Crippen LogP contribution < -0.4 is 5.32 Å². The van der Waals surface area contributed by atoms with E-state index in [1.54, 1.807) is 0 Å². The van der Waals surface area contributed by atoms with E-state index >= 15 is 0 Å². The summed E-state index contributed by atoms with van der Waals surface area (Å²) in [4.78, 5) is 12.1. The molecule has 1 aliphatic rings. The summed E-state index contributed by atoms with van der Waals surface area (Å²) in [6.07, 6.45) is 3.79. The van der Waals surface area contributed by atoms with Crippen LogP contribution in [0.3, 0.4) is 0 Å². The monoisotopic (exact) mass is 331 g/mol. The van der Waals surface area contributed by atoms with E-state index in [1.807, 2.05) is 0 Å². The summed E-state index contributed by atoms with van der Waals surface area (Å²) in [7, 11) is -3.49. The number of aliphatic hydroxyl groups excluding tert-OH is 1. The molecule has 1 amide bonds. The minimum atomic E-state index is -3.49. The number of rotatable bonds is 3. The molecule has 1 saturated carbocycles. The van der Waals surface area contributed by atoms with Crippen molar-refractivity contribution in [3.8, 4) is 0 Å². The molecule has 21 heavy (non-hydrogen) atoms. The molecule has 1 fully saturated rings. The summed E-state index contributed by atoms with van der Waals surface area (Å²) in [6.45, 7) is 0. The highest BCUT2D eigenvalue weighted by Gasteiger charge is 2.25. The van der Waals surface area contributed by atoms with Crippen LogP contribution in [0.4, 0.5) is 0 Å². The SMILES string of the molecule is CS(=O)(=O)c1cc(C(=O)N[C@@H]2CCCC[C@H]2O)ccc1Cl. The molecule has 2 atom stereocenters. The van der Waals surface area contributed by atoms with Gasteiger partial charge in [-0.2, -0.15) is 0 Å². The van der Waals surface area contributed by atoms with Crippen molar-refractivity contribution in [1.29, 1.82) is 0 Å². The average Bonchev–Trinajstić information content (AvgIpc) is 2.40. The first-order valence-electron chi connectivity index (χ1n) is 6.77. The highest BCUT2D eigenvalue weighted by atomic mass is 35.5. The third kappa shape index (κ3) is 3.96. The molecule has 7 heteroatoms. The van der Waals surface area contributed by atoms with Crippen LogP contribution in [-0.4, -0.2) is 37.8 Å². The van der Waals surface area contributed by atoms with Gasteiger partial charge in [-0.15, -0.1) is 0 Å². The summed E-state index contributed by atoms with van der Waals surface area (Å²) < 4.78 is 23.2. The fourth-order valence-electron chi connectivity index (χ4n) is 2.46. The molecule has 0 saturated heterocycles. The van der Waals surface area contributed by atoms with Gasteiger partial charge in [-0.1, -0.05) is 24.4 Å². The summed E-state index contributed by atoms with van der Waals surface area (Å²) >= 11 is 5.85. The van der Waals surface area contributed by atoms with Gasteiger partial charge in [0.2, 0.25) is 0 Å². The van der Waals surface area contributed by atoms with Crippen LogP contribution in [0.2, 0.25) is 5.02 Å². The molecule has 0 unspecified atom stereocenters. The maximum Gasteiger partial charge on any atom is 0.251 e. The van der Waals surface area contributed by atoms with Crippen LogP contribution >= 0.6 is 11.6 Å². The zero-order valence-electron chi connectivity index (χ0n) is 11.7. The highest BCUT2D eigenvalue weighted by molar-refractivity contribution is 7.90. The minimum Gasteiger partial charge on any atom is -0.391 e. The lowest BCUT2D eigenvalue weighted by Gasteiger charge is -2.28. The van der Waals surface area contributed by atoms with E-state index in [9.17, 15) is 18.3 Å². The number of halogens is 1. The Bertz CT molecular complexity index is 644. The van der Waals surface area contributed by atoms with Crippen molar-refractivity contribution in [3.05, 3.63) is 28.8 Å². The molecular formula is C14H18ClNO4S. The van der Waals surface area contributed by atoms with Gasteiger partial charge in [0.15, 0.2) is 9.84 Å². The number of carbonyl (C=O) groups is 1. The van der Waals surface area contributed by atoms with E-state index in [0.29, 0.717) is 6.42 Å². The van der Waals surface area contributed by atoms with Gasteiger partial charge in [0.1, 0.15) is 0 Å². The van der Waals surface area contributed by atoms with Gasteiger partial charge in [0, 0.05) is 11.8 Å². The Morgan fingerprint density at radius 2 is 2.00 bits per heavy atom. The molecular weight excluding hydrogens is 314 g/mol. The zero-order chi connectivity index (χ0) is 15.6. The summed E-state index contributed by atoms with van der Waals surface area (Å²) in [5.41, 5.74) is 0.220. The van der Waals surface area contributed by atoms with E-state index in [4.69, 9.17) is 11.6 Å². The van der Waals surface area contributed by atoms with E-state index in [1.165, 1.54) is 18.2 Å². The number of aliphatic hydroxyl groups is 1. The first-order valence-corrected chi connectivity index (χ1v) is 9.04. The fraction of sp³-hybridized carbons (Fsp3) is 0.500. The molecule has 0 spiro atoms. The second-order valence-electron chi connectivity index (χ2n) is 5.35. The van der Waals surface area contributed by atoms with Crippen LogP contribution in [-0.2, 0) is 9.84 Å². The van der Waals surface area contributed by atoms with Crippen molar-refractivity contribution < 1.29 is 18.3 Å². The molecule has 0 heterocycles. The van der Waals surface area contributed by atoms with Gasteiger partial charge < -0.3 is 10.4 Å². The molecule has 5 nitrogen and oxygen atoms in total. The predicted molar refractivity (Wildman–Crippen MR) is 80.3 cm³/mol. The van der Waals surface area contributed by atoms with Gasteiger partial charge in [0.25, 0.3) is 5.91 Å². The Morgan fingerprint density at radius 3 is 2.62 bits per heavy atom.